The highest BCUT2D eigenvalue weighted by Gasteiger charge is 2.19. The molecular formula is C13H16ClN7O. The second-order valence-electron chi connectivity index (χ2n) is 5.75. The molecule has 0 unspecified atom stereocenters. The van der Waals surface area contributed by atoms with E-state index in [0.717, 1.165) is 5.69 Å². The molecule has 0 fully saturated rings. The van der Waals surface area contributed by atoms with Gasteiger partial charge in [-0.25, -0.2) is 4.68 Å². The summed E-state index contributed by atoms with van der Waals surface area (Å²) in [4.78, 5) is 8.39. The van der Waals surface area contributed by atoms with Gasteiger partial charge in [0, 0.05) is 11.8 Å². The summed E-state index contributed by atoms with van der Waals surface area (Å²) in [6.45, 7) is 5.61. The van der Waals surface area contributed by atoms with E-state index in [1.54, 1.807) is 24.7 Å². The van der Waals surface area contributed by atoms with Gasteiger partial charge >= 0.3 is 0 Å². The van der Waals surface area contributed by atoms with Crippen LogP contribution in [-0.4, -0.2) is 40.7 Å². The maximum Gasteiger partial charge on any atom is 0.226 e. The summed E-state index contributed by atoms with van der Waals surface area (Å²) < 4.78 is 1.60. The van der Waals surface area contributed by atoms with E-state index < -0.39 is 5.60 Å². The molecule has 3 aromatic heterocycles. The SMILES string of the molecule is Cc1cc(Nc2nc(Cl)nc3c2cnn3CC(C)(C)O)n[nH]1. The molecule has 3 aromatic rings. The molecule has 0 aliphatic heterocycles. The molecule has 3 rings (SSSR count). The highest BCUT2D eigenvalue weighted by molar-refractivity contribution is 6.28. The molecule has 0 saturated carbocycles. The fourth-order valence-electron chi connectivity index (χ4n) is 2.11. The monoisotopic (exact) mass is 321 g/mol. The molecule has 9 heteroatoms. The van der Waals surface area contributed by atoms with E-state index in [4.69, 9.17) is 11.6 Å². The van der Waals surface area contributed by atoms with E-state index in [-0.39, 0.29) is 5.28 Å². The van der Waals surface area contributed by atoms with Gasteiger partial charge in [-0.15, -0.1) is 0 Å². The molecule has 22 heavy (non-hydrogen) atoms. The Morgan fingerprint density at radius 1 is 1.41 bits per heavy atom. The van der Waals surface area contributed by atoms with Gasteiger partial charge in [0.15, 0.2) is 11.5 Å². The summed E-state index contributed by atoms with van der Waals surface area (Å²) in [7, 11) is 0. The standard InChI is InChI=1S/C13H16ClN7O/c1-7-4-9(20-19-7)16-10-8-5-15-21(6-13(2,3)22)11(8)18-12(14)17-10/h4-5,22H,6H2,1-3H3,(H2,16,17,18,19,20). The lowest BCUT2D eigenvalue weighted by Crippen LogP contribution is -2.26. The highest BCUT2D eigenvalue weighted by atomic mass is 35.5. The van der Waals surface area contributed by atoms with E-state index in [1.165, 1.54) is 0 Å². The molecular weight excluding hydrogens is 306 g/mol. The van der Waals surface area contributed by atoms with Crippen LogP contribution in [0.2, 0.25) is 5.28 Å². The molecule has 0 aliphatic carbocycles. The molecule has 116 valence electrons. The lowest BCUT2D eigenvalue weighted by atomic mass is 10.1. The number of aryl methyl sites for hydroxylation is 1. The zero-order valence-corrected chi connectivity index (χ0v) is 13.2. The summed E-state index contributed by atoms with van der Waals surface area (Å²) >= 11 is 6.00. The predicted octanol–water partition coefficient (Wildman–Crippen LogP) is 2.03. The molecule has 0 aromatic carbocycles. The van der Waals surface area contributed by atoms with E-state index >= 15 is 0 Å². The molecule has 0 bridgehead atoms. The van der Waals surface area contributed by atoms with Gasteiger partial charge in [0.2, 0.25) is 5.28 Å². The average molecular weight is 322 g/mol. The number of aromatic nitrogens is 6. The van der Waals surface area contributed by atoms with E-state index in [0.29, 0.717) is 29.2 Å². The minimum absolute atomic E-state index is 0.0970. The van der Waals surface area contributed by atoms with Crippen LogP contribution < -0.4 is 5.32 Å². The number of aliphatic hydroxyl groups is 1. The first-order valence-electron chi connectivity index (χ1n) is 6.72. The fourth-order valence-corrected chi connectivity index (χ4v) is 2.27. The number of hydrogen-bond donors (Lipinski definition) is 3. The fraction of sp³-hybridized carbons (Fsp3) is 0.385. The number of halogens is 1. The van der Waals surface area contributed by atoms with Crippen molar-refractivity contribution in [2.24, 2.45) is 0 Å². The minimum atomic E-state index is -0.913. The van der Waals surface area contributed by atoms with Crippen molar-refractivity contribution in [1.29, 1.82) is 0 Å². The Morgan fingerprint density at radius 3 is 2.82 bits per heavy atom. The highest BCUT2D eigenvalue weighted by Crippen LogP contribution is 2.25. The maximum atomic E-state index is 9.96. The van der Waals surface area contributed by atoms with Crippen LogP contribution in [-0.2, 0) is 6.54 Å². The number of aromatic amines is 1. The third-order valence-electron chi connectivity index (χ3n) is 2.96. The molecule has 0 amide bonds. The van der Waals surface area contributed by atoms with Gasteiger partial charge < -0.3 is 10.4 Å². The summed E-state index contributed by atoms with van der Waals surface area (Å²) in [6, 6.07) is 1.85. The van der Waals surface area contributed by atoms with Gasteiger partial charge in [-0.3, -0.25) is 5.10 Å². The molecule has 0 radical (unpaired) electrons. The molecule has 0 saturated heterocycles. The van der Waals surface area contributed by atoms with E-state index in [1.807, 2.05) is 13.0 Å². The van der Waals surface area contributed by atoms with Gasteiger partial charge in [0.05, 0.1) is 23.7 Å². The Kier molecular flexibility index (Phi) is 3.50. The molecule has 0 aliphatic rings. The lowest BCUT2D eigenvalue weighted by molar-refractivity contribution is 0.0589. The van der Waals surface area contributed by atoms with Gasteiger partial charge in [0.1, 0.15) is 5.82 Å². The second-order valence-corrected chi connectivity index (χ2v) is 6.09. The largest absolute Gasteiger partial charge is 0.389 e. The molecule has 0 atom stereocenters. The van der Waals surface area contributed by atoms with Crippen molar-refractivity contribution in [1.82, 2.24) is 29.9 Å². The zero-order valence-electron chi connectivity index (χ0n) is 12.4. The summed E-state index contributed by atoms with van der Waals surface area (Å²) in [5.74, 6) is 1.15. The van der Waals surface area contributed by atoms with Crippen molar-refractivity contribution in [3.05, 3.63) is 23.2 Å². The van der Waals surface area contributed by atoms with Crippen LogP contribution in [0, 0.1) is 6.92 Å². The van der Waals surface area contributed by atoms with E-state index in [2.05, 4.69) is 30.6 Å². The number of nitrogens with zero attached hydrogens (tertiary/aromatic N) is 5. The van der Waals surface area contributed by atoms with Crippen LogP contribution in [0.25, 0.3) is 11.0 Å². The normalized spacial score (nSPS) is 12.0. The number of fused-ring (bicyclic) bond motifs is 1. The van der Waals surface area contributed by atoms with Crippen LogP contribution >= 0.6 is 11.6 Å². The Labute approximate surface area is 131 Å². The number of rotatable bonds is 4. The van der Waals surface area contributed by atoms with Crippen LogP contribution in [0.3, 0.4) is 0 Å². The number of anilines is 2. The summed E-state index contributed by atoms with van der Waals surface area (Å²) in [5.41, 5.74) is 0.567. The van der Waals surface area contributed by atoms with Crippen molar-refractivity contribution in [3.63, 3.8) is 0 Å². The van der Waals surface area contributed by atoms with Crippen LogP contribution in [0.15, 0.2) is 12.3 Å². The van der Waals surface area contributed by atoms with Crippen molar-refractivity contribution in [2.75, 3.05) is 5.32 Å². The predicted molar refractivity (Wildman–Crippen MR) is 83.2 cm³/mol. The van der Waals surface area contributed by atoms with Gasteiger partial charge in [-0.2, -0.15) is 20.2 Å². The zero-order chi connectivity index (χ0) is 15.9. The first kappa shape index (κ1) is 14.7. The van der Waals surface area contributed by atoms with Crippen LogP contribution in [0.1, 0.15) is 19.5 Å². The molecule has 8 nitrogen and oxygen atoms in total. The smallest absolute Gasteiger partial charge is 0.226 e. The number of nitrogens with one attached hydrogen (secondary N) is 2. The maximum absolute atomic E-state index is 9.96. The van der Waals surface area contributed by atoms with Crippen molar-refractivity contribution < 1.29 is 5.11 Å². The Morgan fingerprint density at radius 2 is 2.18 bits per heavy atom. The Bertz CT molecular complexity index is 818. The van der Waals surface area contributed by atoms with Gasteiger partial charge in [-0.05, 0) is 32.4 Å². The van der Waals surface area contributed by atoms with Gasteiger partial charge in [0.25, 0.3) is 0 Å². The lowest BCUT2D eigenvalue weighted by Gasteiger charge is -2.17. The topological polar surface area (TPSA) is 105 Å². The van der Waals surface area contributed by atoms with Crippen molar-refractivity contribution in [3.8, 4) is 0 Å². The summed E-state index contributed by atoms with van der Waals surface area (Å²) in [5, 5.41) is 25.1. The molecule has 0 spiro atoms. The van der Waals surface area contributed by atoms with Crippen molar-refractivity contribution in [2.45, 2.75) is 32.9 Å². The number of hydrogen-bond acceptors (Lipinski definition) is 6. The molecule has 3 heterocycles. The van der Waals surface area contributed by atoms with Crippen molar-refractivity contribution >= 4 is 34.3 Å². The Balaban J connectivity index is 2.04. The third kappa shape index (κ3) is 3.02. The first-order chi connectivity index (χ1) is 10.3. The third-order valence-corrected chi connectivity index (χ3v) is 3.13. The van der Waals surface area contributed by atoms with E-state index in [9.17, 15) is 5.11 Å². The van der Waals surface area contributed by atoms with Gasteiger partial charge in [-0.1, -0.05) is 0 Å². The second kappa shape index (κ2) is 5.22. The quantitative estimate of drug-likeness (QED) is 0.635. The van der Waals surface area contributed by atoms with Crippen LogP contribution in [0.5, 0.6) is 0 Å². The molecule has 3 N–H and O–H groups in total. The average Bonchev–Trinajstić information content (AvgIpc) is 2.95. The first-order valence-corrected chi connectivity index (χ1v) is 7.10. The van der Waals surface area contributed by atoms with Crippen LogP contribution in [0.4, 0.5) is 11.6 Å². The Hall–Kier alpha value is -2.19. The number of H-pyrrole nitrogens is 1. The minimum Gasteiger partial charge on any atom is -0.389 e. The summed E-state index contributed by atoms with van der Waals surface area (Å²) in [6.07, 6.45) is 1.64.